The third kappa shape index (κ3) is 6.66. The molecule has 9 nitrogen and oxygen atoms in total. The maximum Gasteiger partial charge on any atom is 0.407 e. The molecule has 34 heavy (non-hydrogen) atoms. The van der Waals surface area contributed by atoms with Crippen molar-refractivity contribution in [2.75, 3.05) is 33.9 Å². The molecule has 0 spiro atoms. The summed E-state index contributed by atoms with van der Waals surface area (Å²) in [5.74, 6) is 0.0427. The van der Waals surface area contributed by atoms with E-state index < -0.39 is 28.4 Å². The van der Waals surface area contributed by atoms with Gasteiger partial charge >= 0.3 is 6.09 Å². The normalized spacial score (nSPS) is 27.9. The molecule has 2 N–H and O–H groups in total. The maximum absolute atomic E-state index is 13.6. The van der Waals surface area contributed by atoms with Crippen LogP contribution in [0.15, 0.2) is 24.3 Å². The Kier molecular flexibility index (Phi) is 9.27. The lowest BCUT2D eigenvalue weighted by Gasteiger charge is -2.33. The Bertz CT molecular complexity index is 925. The van der Waals surface area contributed by atoms with Crippen molar-refractivity contribution in [3.8, 4) is 0 Å². The molecular formula is C23H36FN3O6S. The Morgan fingerprint density at radius 2 is 2.00 bits per heavy atom. The number of likely N-dealkylation sites (N-methyl/N-ethyl adjacent to an activating group) is 1. The summed E-state index contributed by atoms with van der Waals surface area (Å²) in [5.41, 5.74) is 0.993. The third-order valence-electron chi connectivity index (χ3n) is 6.93. The molecule has 0 bridgehead atoms. The van der Waals surface area contributed by atoms with Gasteiger partial charge in [0.05, 0.1) is 25.4 Å². The van der Waals surface area contributed by atoms with E-state index in [0.29, 0.717) is 6.42 Å². The van der Waals surface area contributed by atoms with E-state index in [1.807, 2.05) is 6.07 Å². The summed E-state index contributed by atoms with van der Waals surface area (Å²) in [6.45, 7) is 2.33. The van der Waals surface area contributed by atoms with Gasteiger partial charge in [-0.25, -0.2) is 9.18 Å². The zero-order valence-corrected chi connectivity index (χ0v) is 20.8. The summed E-state index contributed by atoms with van der Waals surface area (Å²) in [6, 6.07) is 5.13. The summed E-state index contributed by atoms with van der Waals surface area (Å²) >= 11 is 0. The highest BCUT2D eigenvalue weighted by atomic mass is 32.2. The lowest BCUT2D eigenvalue weighted by molar-refractivity contribution is -0.00709. The van der Waals surface area contributed by atoms with Crippen LogP contribution in [0.5, 0.6) is 0 Å². The fourth-order valence-electron chi connectivity index (χ4n) is 4.99. The lowest BCUT2D eigenvalue weighted by Crippen LogP contribution is -2.52. The van der Waals surface area contributed by atoms with Crippen LogP contribution >= 0.6 is 0 Å². The van der Waals surface area contributed by atoms with Crippen LogP contribution in [-0.2, 0) is 19.7 Å². The summed E-state index contributed by atoms with van der Waals surface area (Å²) in [7, 11) is -0.857. The van der Waals surface area contributed by atoms with Crippen molar-refractivity contribution < 1.29 is 32.2 Å². The van der Waals surface area contributed by atoms with Crippen LogP contribution in [0.1, 0.15) is 50.5 Å². The topological polar surface area (TPSA) is 108 Å². The highest BCUT2D eigenvalue weighted by Crippen LogP contribution is 2.35. The highest BCUT2D eigenvalue weighted by molar-refractivity contribution is 7.87. The number of nitrogens with zero attached hydrogens (tertiary/aromatic N) is 2. The average molecular weight is 502 g/mol. The van der Waals surface area contributed by atoms with Crippen molar-refractivity contribution in [2.24, 2.45) is 0 Å². The molecule has 1 aliphatic carbocycles. The lowest BCUT2D eigenvalue weighted by atomic mass is 9.82. The van der Waals surface area contributed by atoms with E-state index in [0.717, 1.165) is 35.6 Å². The fraction of sp³-hybridized carbons (Fsp3) is 0.696. The number of halogens is 1. The second-order valence-electron chi connectivity index (χ2n) is 9.25. The monoisotopic (exact) mass is 501 g/mol. The van der Waals surface area contributed by atoms with Crippen LogP contribution in [0.25, 0.3) is 0 Å². The van der Waals surface area contributed by atoms with Crippen molar-refractivity contribution in [2.45, 2.75) is 69.2 Å². The molecular weight excluding hydrogens is 465 g/mol. The molecule has 1 aliphatic heterocycles. The molecule has 192 valence electrons. The van der Waals surface area contributed by atoms with Crippen molar-refractivity contribution in [1.82, 2.24) is 13.9 Å². The number of hydrogen-bond donors (Lipinski definition) is 2. The number of likely N-dealkylation sites (tertiary alicyclic amines) is 1. The van der Waals surface area contributed by atoms with Gasteiger partial charge in [0.15, 0.2) is 0 Å². The van der Waals surface area contributed by atoms with E-state index in [4.69, 9.17) is 9.47 Å². The number of amides is 1. The van der Waals surface area contributed by atoms with Crippen molar-refractivity contribution in [1.29, 1.82) is 0 Å². The molecule has 2 aliphatic rings. The van der Waals surface area contributed by atoms with Crippen LogP contribution in [-0.4, -0.2) is 87.0 Å². The van der Waals surface area contributed by atoms with Gasteiger partial charge in [-0.15, -0.1) is 0 Å². The van der Waals surface area contributed by atoms with Gasteiger partial charge in [0.1, 0.15) is 5.82 Å². The van der Waals surface area contributed by atoms with Gasteiger partial charge in [0.2, 0.25) is 0 Å². The summed E-state index contributed by atoms with van der Waals surface area (Å²) in [6.07, 6.45) is 2.52. The van der Waals surface area contributed by atoms with Gasteiger partial charge in [0.25, 0.3) is 10.2 Å². The number of rotatable bonds is 10. The molecule has 2 fully saturated rings. The van der Waals surface area contributed by atoms with E-state index in [1.165, 1.54) is 25.1 Å². The third-order valence-corrected chi connectivity index (χ3v) is 8.53. The molecule has 0 unspecified atom stereocenters. The first-order valence-corrected chi connectivity index (χ1v) is 13.2. The number of carbonyl (C=O) groups is 1. The average Bonchev–Trinajstić information content (AvgIpc) is 3.10. The first-order chi connectivity index (χ1) is 16.1. The Hall–Kier alpha value is -1.79. The predicted octanol–water partition coefficient (Wildman–Crippen LogP) is 2.79. The van der Waals surface area contributed by atoms with Gasteiger partial charge in [-0.1, -0.05) is 12.1 Å². The summed E-state index contributed by atoms with van der Waals surface area (Å²) < 4.78 is 54.0. The number of nitrogens with one attached hydrogen (secondary N) is 1. The van der Waals surface area contributed by atoms with E-state index in [2.05, 4.69) is 4.72 Å². The van der Waals surface area contributed by atoms with Crippen molar-refractivity contribution in [3.05, 3.63) is 35.6 Å². The maximum atomic E-state index is 13.6. The van der Waals surface area contributed by atoms with Crippen LogP contribution in [0.3, 0.4) is 0 Å². The fourth-order valence-corrected chi connectivity index (χ4v) is 6.12. The Balaban J connectivity index is 1.60. The van der Waals surface area contributed by atoms with Crippen LogP contribution in [0.2, 0.25) is 0 Å². The largest absolute Gasteiger partial charge is 0.465 e. The van der Waals surface area contributed by atoms with Gasteiger partial charge in [-0.2, -0.15) is 17.4 Å². The van der Waals surface area contributed by atoms with E-state index in [-0.39, 0.29) is 43.6 Å². The minimum Gasteiger partial charge on any atom is -0.465 e. The predicted molar refractivity (Wildman–Crippen MR) is 125 cm³/mol. The van der Waals surface area contributed by atoms with E-state index >= 15 is 0 Å². The van der Waals surface area contributed by atoms with Crippen LogP contribution in [0.4, 0.5) is 9.18 Å². The zero-order valence-electron chi connectivity index (χ0n) is 20.0. The molecule has 1 aromatic rings. The minimum atomic E-state index is -3.81. The molecule has 1 amide bonds. The van der Waals surface area contributed by atoms with Crippen LogP contribution in [0, 0.1) is 5.82 Å². The first-order valence-electron chi connectivity index (χ1n) is 11.7. The molecule has 0 aromatic heterocycles. The Morgan fingerprint density at radius 3 is 2.62 bits per heavy atom. The Labute approximate surface area is 201 Å². The highest BCUT2D eigenvalue weighted by Gasteiger charge is 2.44. The van der Waals surface area contributed by atoms with Gasteiger partial charge in [-0.3, -0.25) is 4.90 Å². The summed E-state index contributed by atoms with van der Waals surface area (Å²) in [4.78, 5) is 13.2. The smallest absolute Gasteiger partial charge is 0.407 e. The first kappa shape index (κ1) is 26.8. The number of carboxylic acid groups (broad SMARTS) is 1. The molecule has 1 heterocycles. The zero-order chi connectivity index (χ0) is 24.9. The number of methoxy groups -OCH3 is 1. The molecule has 3 rings (SSSR count). The molecule has 1 saturated carbocycles. The van der Waals surface area contributed by atoms with Crippen molar-refractivity contribution in [3.63, 3.8) is 0 Å². The second kappa shape index (κ2) is 11.8. The SMILES string of the molecule is COCCN(C)S(=O)(=O)N[C@H]1C[C@@H](C)N(C(=O)O)[C@H]1COC1CCC(c2cccc(F)c2)CC1. The standard InChI is InChI=1S/C23H36FN3O6S/c1-16-13-21(25-34(30,31)26(2)11-12-32-3)22(27(16)23(28)29)15-33-20-9-7-17(8-10-20)18-5-4-6-19(24)14-18/h4-6,14,16-17,20-22,25H,7-13,15H2,1-3H3,(H,28,29)/t16-,17?,20?,21+,22+/m1/s1. The molecule has 11 heteroatoms. The molecule has 3 atom stereocenters. The minimum absolute atomic E-state index is 0.0435. The van der Waals surface area contributed by atoms with Crippen LogP contribution < -0.4 is 4.72 Å². The molecule has 0 radical (unpaired) electrons. The van der Waals surface area contributed by atoms with E-state index in [1.54, 1.807) is 19.1 Å². The molecule has 1 aromatic carbocycles. The van der Waals surface area contributed by atoms with Gasteiger partial charge in [0, 0.05) is 32.8 Å². The Morgan fingerprint density at radius 1 is 1.29 bits per heavy atom. The second-order valence-corrected chi connectivity index (χ2v) is 11.1. The van der Waals surface area contributed by atoms with Crippen molar-refractivity contribution >= 4 is 16.3 Å². The van der Waals surface area contributed by atoms with Gasteiger partial charge < -0.3 is 14.6 Å². The molecule has 1 saturated heterocycles. The van der Waals surface area contributed by atoms with E-state index in [9.17, 15) is 22.7 Å². The number of benzene rings is 1. The van der Waals surface area contributed by atoms with Gasteiger partial charge in [-0.05, 0) is 62.6 Å². The quantitative estimate of drug-likeness (QED) is 0.510. The number of ether oxygens (including phenoxy) is 2. The summed E-state index contributed by atoms with van der Waals surface area (Å²) in [5, 5.41) is 9.75. The number of hydrogen-bond acceptors (Lipinski definition) is 5.